The molecule has 3 aliphatic heterocycles. The highest BCUT2D eigenvalue weighted by Crippen LogP contribution is 2.46. The van der Waals surface area contributed by atoms with Crippen molar-refractivity contribution in [2.24, 2.45) is 9.98 Å². The Hall–Kier alpha value is -3.37. The van der Waals surface area contributed by atoms with Crippen LogP contribution in [0.3, 0.4) is 0 Å². The van der Waals surface area contributed by atoms with Crippen LogP contribution in [0.2, 0.25) is 0 Å². The minimum atomic E-state index is 0.00936. The summed E-state index contributed by atoms with van der Waals surface area (Å²) < 4.78 is 10.8. The Morgan fingerprint density at radius 1 is 1.09 bits per heavy atom. The molecule has 0 radical (unpaired) electrons. The zero-order valence-electron chi connectivity index (χ0n) is 18.0. The topological polar surface area (TPSA) is 93.9 Å². The maximum atomic E-state index is 5.61. The van der Waals surface area contributed by atoms with Crippen molar-refractivity contribution in [3.8, 4) is 11.5 Å². The monoisotopic (exact) mass is 488 g/mol. The first-order valence-corrected chi connectivity index (χ1v) is 12.2. The van der Waals surface area contributed by atoms with Gasteiger partial charge in [0.2, 0.25) is 12.7 Å². The summed E-state index contributed by atoms with van der Waals surface area (Å²) in [5, 5.41) is 4.31. The van der Waals surface area contributed by atoms with E-state index in [1.165, 1.54) is 5.56 Å². The standard InChI is InChI=1S/C24H20N6O2S2/c33-16(5-3-14-4-6-18-19(9-14)32-13-31-18)8-15-10-26-24(27-11-15)30-22-21-20(28-12-29-22)17-2-1-7-25-23(17)34-21/h1-2,4,6-7,9-12,20-21H,3,5,8,13H2,(H,26,27,28,29,30). The fourth-order valence-corrected chi connectivity index (χ4v) is 5.64. The minimum absolute atomic E-state index is 0.00936. The molecule has 34 heavy (non-hydrogen) atoms. The lowest BCUT2D eigenvalue weighted by Gasteiger charge is -2.20. The van der Waals surface area contributed by atoms with Crippen LogP contribution in [0, 0.1) is 0 Å². The highest BCUT2D eigenvalue weighted by atomic mass is 32.2. The molecule has 0 spiro atoms. The van der Waals surface area contributed by atoms with E-state index in [1.807, 2.05) is 30.6 Å². The summed E-state index contributed by atoms with van der Waals surface area (Å²) in [5.74, 6) is 2.89. The number of aromatic nitrogens is 3. The number of pyridine rings is 1. The molecule has 2 atom stereocenters. The van der Waals surface area contributed by atoms with Gasteiger partial charge in [0.25, 0.3) is 0 Å². The summed E-state index contributed by atoms with van der Waals surface area (Å²) in [4.78, 5) is 23.4. The zero-order chi connectivity index (χ0) is 22.9. The molecule has 3 aliphatic rings. The average molecular weight is 489 g/mol. The Morgan fingerprint density at radius 3 is 2.88 bits per heavy atom. The molecule has 10 heteroatoms. The van der Waals surface area contributed by atoms with Crippen LogP contribution in [0.5, 0.6) is 11.5 Å². The predicted molar refractivity (Wildman–Crippen MR) is 135 cm³/mol. The molecule has 2 unspecified atom stereocenters. The van der Waals surface area contributed by atoms with E-state index in [-0.39, 0.29) is 18.1 Å². The first kappa shape index (κ1) is 21.2. The summed E-state index contributed by atoms with van der Waals surface area (Å²) in [6.07, 6.45) is 9.35. The first-order chi connectivity index (χ1) is 16.7. The smallest absolute Gasteiger partial charge is 0.231 e. The van der Waals surface area contributed by atoms with Gasteiger partial charge in [-0.1, -0.05) is 36.1 Å². The molecular weight excluding hydrogens is 468 g/mol. The van der Waals surface area contributed by atoms with Gasteiger partial charge in [-0.05, 0) is 47.0 Å². The number of amidine groups is 1. The fraction of sp³-hybridized carbons (Fsp3) is 0.250. The summed E-state index contributed by atoms with van der Waals surface area (Å²) >= 11 is 7.28. The molecule has 1 N–H and O–H groups in total. The van der Waals surface area contributed by atoms with Gasteiger partial charge in [0.15, 0.2) is 11.5 Å². The molecule has 0 saturated carbocycles. The van der Waals surface area contributed by atoms with Gasteiger partial charge in [-0.2, -0.15) is 0 Å². The third kappa shape index (κ3) is 4.26. The molecule has 170 valence electrons. The molecule has 0 amide bonds. The number of aliphatic imine (C=N–C) groups is 2. The van der Waals surface area contributed by atoms with E-state index in [0.29, 0.717) is 12.4 Å². The Kier molecular flexibility index (Phi) is 5.68. The van der Waals surface area contributed by atoms with Gasteiger partial charge in [-0.25, -0.2) is 19.9 Å². The molecule has 0 fully saturated rings. The third-order valence-corrected chi connectivity index (χ3v) is 7.46. The van der Waals surface area contributed by atoms with Crippen LogP contribution in [-0.2, 0) is 12.8 Å². The van der Waals surface area contributed by atoms with Crippen molar-refractivity contribution in [2.45, 2.75) is 35.6 Å². The zero-order valence-corrected chi connectivity index (χ0v) is 19.7. The SMILES string of the molecule is S=C(CCc1ccc2c(c1)OCO2)Cc1cnc(NC2=NC=NC3c4cccnc4SC23)nc1. The number of thioether (sulfide) groups is 1. The van der Waals surface area contributed by atoms with E-state index in [2.05, 4.69) is 42.4 Å². The van der Waals surface area contributed by atoms with Gasteiger partial charge < -0.3 is 14.8 Å². The van der Waals surface area contributed by atoms with Crippen LogP contribution in [-0.4, -0.2) is 44.0 Å². The largest absolute Gasteiger partial charge is 0.454 e. The minimum Gasteiger partial charge on any atom is -0.454 e. The van der Waals surface area contributed by atoms with Crippen molar-refractivity contribution >= 4 is 47.0 Å². The lowest BCUT2D eigenvalue weighted by Crippen LogP contribution is -2.31. The Labute approximate surface area is 206 Å². The Bertz CT molecular complexity index is 1310. The summed E-state index contributed by atoms with van der Waals surface area (Å²) in [7, 11) is 0. The van der Waals surface area contributed by atoms with Crippen molar-refractivity contribution < 1.29 is 9.47 Å². The number of nitrogens with one attached hydrogen (secondary N) is 1. The number of anilines is 1. The molecule has 6 rings (SSSR count). The quantitative estimate of drug-likeness (QED) is 0.516. The van der Waals surface area contributed by atoms with Gasteiger partial charge in [-0.15, -0.1) is 0 Å². The van der Waals surface area contributed by atoms with Crippen molar-refractivity contribution in [3.05, 3.63) is 65.6 Å². The van der Waals surface area contributed by atoms with Crippen LogP contribution in [0.1, 0.15) is 29.2 Å². The maximum absolute atomic E-state index is 5.61. The summed E-state index contributed by atoms with van der Waals surface area (Å²) in [5.41, 5.74) is 3.30. The van der Waals surface area contributed by atoms with Gasteiger partial charge in [-0.3, -0.25) is 4.99 Å². The van der Waals surface area contributed by atoms with Gasteiger partial charge >= 0.3 is 0 Å². The normalized spacial score (nSPS) is 19.4. The number of hydrogen-bond donors (Lipinski definition) is 1. The molecule has 2 aromatic heterocycles. The molecule has 0 bridgehead atoms. The lowest BCUT2D eigenvalue weighted by atomic mass is 10.0. The van der Waals surface area contributed by atoms with Crippen molar-refractivity contribution in [2.75, 3.05) is 12.1 Å². The number of benzene rings is 1. The third-order valence-electron chi connectivity index (χ3n) is 5.81. The number of hydrogen-bond acceptors (Lipinski definition) is 10. The predicted octanol–water partition coefficient (Wildman–Crippen LogP) is 4.21. The number of rotatable bonds is 6. The van der Waals surface area contributed by atoms with Crippen LogP contribution in [0.4, 0.5) is 5.95 Å². The summed E-state index contributed by atoms with van der Waals surface area (Å²) in [6.45, 7) is 0.286. The van der Waals surface area contributed by atoms with Crippen molar-refractivity contribution in [1.82, 2.24) is 15.0 Å². The lowest BCUT2D eigenvalue weighted by molar-refractivity contribution is 0.174. The van der Waals surface area contributed by atoms with E-state index >= 15 is 0 Å². The second-order valence-corrected chi connectivity index (χ2v) is 9.81. The van der Waals surface area contributed by atoms with E-state index in [9.17, 15) is 0 Å². The highest BCUT2D eigenvalue weighted by molar-refractivity contribution is 8.01. The maximum Gasteiger partial charge on any atom is 0.231 e. The second-order valence-electron chi connectivity index (χ2n) is 8.10. The fourth-order valence-electron chi connectivity index (χ4n) is 4.10. The van der Waals surface area contributed by atoms with E-state index < -0.39 is 0 Å². The molecule has 0 saturated heterocycles. The number of ether oxygens (including phenoxy) is 2. The van der Waals surface area contributed by atoms with E-state index in [1.54, 1.807) is 24.3 Å². The van der Waals surface area contributed by atoms with Crippen molar-refractivity contribution in [1.29, 1.82) is 0 Å². The molecule has 0 aliphatic carbocycles. The molecule has 8 nitrogen and oxygen atoms in total. The van der Waals surface area contributed by atoms with Gasteiger partial charge in [0.1, 0.15) is 17.2 Å². The highest BCUT2D eigenvalue weighted by Gasteiger charge is 2.39. The average Bonchev–Trinajstić information content (AvgIpc) is 3.49. The molecule has 3 aromatic rings. The molecule has 1 aromatic carbocycles. The Morgan fingerprint density at radius 2 is 1.97 bits per heavy atom. The van der Waals surface area contributed by atoms with E-state index in [0.717, 1.165) is 51.2 Å². The first-order valence-electron chi connectivity index (χ1n) is 10.9. The number of thiocarbonyl (C=S) groups is 1. The second kappa shape index (κ2) is 9.11. The number of nitrogens with zero attached hydrogens (tertiary/aromatic N) is 5. The molecular formula is C24H20N6O2S2. The number of aryl methyl sites for hydroxylation is 1. The Balaban J connectivity index is 1.04. The van der Waals surface area contributed by atoms with Gasteiger partial charge in [0, 0.05) is 30.6 Å². The van der Waals surface area contributed by atoms with Gasteiger partial charge in [0.05, 0.1) is 11.3 Å². The molecule has 5 heterocycles. The van der Waals surface area contributed by atoms with Crippen LogP contribution in [0.15, 0.2) is 63.9 Å². The summed E-state index contributed by atoms with van der Waals surface area (Å²) in [6, 6.07) is 10.0. The van der Waals surface area contributed by atoms with Crippen LogP contribution >= 0.6 is 24.0 Å². The number of fused-ring (bicyclic) bond motifs is 4. The van der Waals surface area contributed by atoms with Crippen LogP contribution in [0.25, 0.3) is 0 Å². The van der Waals surface area contributed by atoms with E-state index in [4.69, 9.17) is 21.7 Å². The van der Waals surface area contributed by atoms with Crippen LogP contribution < -0.4 is 14.8 Å². The van der Waals surface area contributed by atoms with Crippen molar-refractivity contribution in [3.63, 3.8) is 0 Å².